The quantitative estimate of drug-likeness (QED) is 0.747. The Morgan fingerprint density at radius 1 is 0.920 bits per heavy atom. The molecule has 0 radical (unpaired) electrons. The fourth-order valence-electron chi connectivity index (χ4n) is 2.72. The third-order valence-corrected chi connectivity index (χ3v) is 4.52. The molecule has 0 fully saturated rings. The maximum Gasteiger partial charge on any atom is 0.261 e. The van der Waals surface area contributed by atoms with E-state index < -0.39 is 6.10 Å². The molecule has 0 heterocycles. The van der Waals surface area contributed by atoms with Crippen molar-refractivity contribution in [1.82, 2.24) is 5.32 Å². The molecule has 2 atom stereocenters. The smallest absolute Gasteiger partial charge is 0.261 e. The van der Waals surface area contributed by atoms with Crippen LogP contribution in [0, 0.1) is 0 Å². The molecule has 2 aromatic carbocycles. The largest absolute Gasteiger partial charge is 0.481 e. The highest BCUT2D eigenvalue weighted by Crippen LogP contribution is 2.17. The maximum absolute atomic E-state index is 12.6. The molecular formula is C22H29NO2. The van der Waals surface area contributed by atoms with Crippen LogP contribution in [0.2, 0.25) is 0 Å². The van der Waals surface area contributed by atoms with E-state index in [9.17, 15) is 4.79 Å². The van der Waals surface area contributed by atoms with Gasteiger partial charge in [-0.25, -0.2) is 0 Å². The van der Waals surface area contributed by atoms with Crippen molar-refractivity contribution < 1.29 is 9.53 Å². The third-order valence-electron chi connectivity index (χ3n) is 4.52. The minimum Gasteiger partial charge on any atom is -0.481 e. The zero-order chi connectivity index (χ0) is 18.2. The predicted octanol–water partition coefficient (Wildman–Crippen LogP) is 4.85. The van der Waals surface area contributed by atoms with E-state index in [0.717, 1.165) is 24.2 Å². The lowest BCUT2D eigenvalue weighted by Crippen LogP contribution is -2.39. The molecule has 0 aliphatic carbocycles. The number of rotatable bonds is 8. The fraction of sp³-hybridized carbons (Fsp3) is 0.409. The Bertz CT molecular complexity index is 661. The molecule has 0 unspecified atom stereocenters. The molecular weight excluding hydrogens is 310 g/mol. The topological polar surface area (TPSA) is 38.3 Å². The molecule has 0 aromatic heterocycles. The van der Waals surface area contributed by atoms with E-state index in [1.165, 1.54) is 11.1 Å². The molecule has 0 bridgehead atoms. The van der Waals surface area contributed by atoms with Crippen LogP contribution >= 0.6 is 0 Å². The first kappa shape index (κ1) is 19.0. The average molecular weight is 339 g/mol. The molecule has 0 aliphatic rings. The van der Waals surface area contributed by atoms with Crippen molar-refractivity contribution in [2.24, 2.45) is 0 Å². The summed E-state index contributed by atoms with van der Waals surface area (Å²) in [6.45, 7) is 8.22. The first-order valence-corrected chi connectivity index (χ1v) is 9.22. The lowest BCUT2D eigenvalue weighted by atomic mass is 10.0. The van der Waals surface area contributed by atoms with Crippen LogP contribution in [0.15, 0.2) is 48.5 Å². The SMILES string of the molecule is CCc1ccc(O[C@@H](CC)C(=O)N[C@@H](C)c2ccc(CC)cc2)cc1. The molecule has 3 nitrogen and oxygen atoms in total. The van der Waals surface area contributed by atoms with Gasteiger partial charge >= 0.3 is 0 Å². The summed E-state index contributed by atoms with van der Waals surface area (Å²) in [4.78, 5) is 12.6. The molecule has 25 heavy (non-hydrogen) atoms. The van der Waals surface area contributed by atoms with E-state index in [1.54, 1.807) is 0 Å². The van der Waals surface area contributed by atoms with Gasteiger partial charge in [0.15, 0.2) is 6.10 Å². The molecule has 134 valence electrons. The summed E-state index contributed by atoms with van der Waals surface area (Å²) in [5.41, 5.74) is 3.66. The van der Waals surface area contributed by atoms with Crippen molar-refractivity contribution in [2.75, 3.05) is 0 Å². The first-order valence-electron chi connectivity index (χ1n) is 9.22. The number of carbonyl (C=O) groups is 1. The molecule has 0 spiro atoms. The Hall–Kier alpha value is -2.29. The average Bonchev–Trinajstić information content (AvgIpc) is 2.66. The van der Waals surface area contributed by atoms with Gasteiger partial charge in [-0.3, -0.25) is 4.79 Å². The Kier molecular flexibility index (Phi) is 7.05. The van der Waals surface area contributed by atoms with Crippen molar-refractivity contribution in [3.05, 3.63) is 65.2 Å². The summed E-state index contributed by atoms with van der Waals surface area (Å²) >= 11 is 0. The highest BCUT2D eigenvalue weighted by atomic mass is 16.5. The van der Waals surface area contributed by atoms with Crippen molar-refractivity contribution in [3.63, 3.8) is 0 Å². The highest BCUT2D eigenvalue weighted by Gasteiger charge is 2.20. The van der Waals surface area contributed by atoms with Crippen LogP contribution in [0.25, 0.3) is 0 Å². The molecule has 2 aromatic rings. The maximum atomic E-state index is 12.6. The van der Waals surface area contributed by atoms with E-state index >= 15 is 0 Å². The monoisotopic (exact) mass is 339 g/mol. The van der Waals surface area contributed by atoms with Crippen LogP contribution in [0.1, 0.15) is 56.8 Å². The standard InChI is InChI=1S/C22H29NO2/c1-5-17-8-12-19(13-9-17)16(4)23-22(24)21(7-3)25-20-14-10-18(6-2)11-15-20/h8-16,21H,5-7H2,1-4H3,(H,23,24)/t16-,21-/m0/s1. The molecule has 0 aliphatic heterocycles. The summed E-state index contributed by atoms with van der Waals surface area (Å²) in [6.07, 6.45) is 2.16. The highest BCUT2D eigenvalue weighted by molar-refractivity contribution is 5.81. The summed E-state index contributed by atoms with van der Waals surface area (Å²) in [7, 11) is 0. The van der Waals surface area contributed by atoms with Crippen LogP contribution in [-0.2, 0) is 17.6 Å². The lowest BCUT2D eigenvalue weighted by molar-refractivity contribution is -0.128. The lowest BCUT2D eigenvalue weighted by Gasteiger charge is -2.21. The fourth-order valence-corrected chi connectivity index (χ4v) is 2.72. The number of aryl methyl sites for hydroxylation is 2. The normalized spacial score (nSPS) is 13.1. The summed E-state index contributed by atoms with van der Waals surface area (Å²) < 4.78 is 5.89. The van der Waals surface area contributed by atoms with Gasteiger partial charge in [-0.2, -0.15) is 0 Å². The van der Waals surface area contributed by atoms with E-state index in [4.69, 9.17) is 4.74 Å². The number of amides is 1. The number of carbonyl (C=O) groups excluding carboxylic acids is 1. The van der Waals surface area contributed by atoms with Gasteiger partial charge in [0.2, 0.25) is 0 Å². The first-order chi connectivity index (χ1) is 12.1. The second kappa shape index (κ2) is 9.26. The number of hydrogen-bond acceptors (Lipinski definition) is 2. The summed E-state index contributed by atoms with van der Waals surface area (Å²) in [6, 6.07) is 16.3. The van der Waals surface area contributed by atoms with E-state index in [1.807, 2.05) is 38.1 Å². The Labute approximate surface area is 151 Å². The summed E-state index contributed by atoms with van der Waals surface area (Å²) in [5.74, 6) is 0.660. The van der Waals surface area contributed by atoms with Gasteiger partial charge in [0.25, 0.3) is 5.91 Å². The predicted molar refractivity (Wildman–Crippen MR) is 103 cm³/mol. The van der Waals surface area contributed by atoms with Gasteiger partial charge in [-0.15, -0.1) is 0 Å². The van der Waals surface area contributed by atoms with E-state index in [0.29, 0.717) is 6.42 Å². The second-order valence-electron chi connectivity index (χ2n) is 6.34. The minimum atomic E-state index is -0.482. The van der Waals surface area contributed by atoms with Gasteiger partial charge in [0.05, 0.1) is 6.04 Å². The van der Waals surface area contributed by atoms with E-state index in [2.05, 4.69) is 43.4 Å². The molecule has 3 heteroatoms. The molecule has 1 N–H and O–H groups in total. The van der Waals surface area contributed by atoms with Gasteiger partial charge < -0.3 is 10.1 Å². The van der Waals surface area contributed by atoms with Crippen LogP contribution < -0.4 is 10.1 Å². The van der Waals surface area contributed by atoms with Gasteiger partial charge in [0.1, 0.15) is 5.75 Å². The second-order valence-corrected chi connectivity index (χ2v) is 6.34. The molecule has 0 saturated heterocycles. The number of ether oxygens (including phenoxy) is 1. The zero-order valence-electron chi connectivity index (χ0n) is 15.7. The van der Waals surface area contributed by atoms with Gasteiger partial charge in [0, 0.05) is 0 Å². The Morgan fingerprint density at radius 3 is 1.92 bits per heavy atom. The molecule has 0 saturated carbocycles. The molecule has 2 rings (SSSR count). The van der Waals surface area contributed by atoms with Crippen molar-refractivity contribution in [2.45, 2.75) is 59.1 Å². The van der Waals surface area contributed by atoms with Crippen LogP contribution in [0.4, 0.5) is 0 Å². The summed E-state index contributed by atoms with van der Waals surface area (Å²) in [5, 5.41) is 3.06. The zero-order valence-corrected chi connectivity index (χ0v) is 15.7. The van der Waals surface area contributed by atoms with Crippen LogP contribution in [0.5, 0.6) is 5.75 Å². The van der Waals surface area contributed by atoms with Crippen molar-refractivity contribution in [3.8, 4) is 5.75 Å². The van der Waals surface area contributed by atoms with Crippen LogP contribution in [0.3, 0.4) is 0 Å². The minimum absolute atomic E-state index is 0.0430. The van der Waals surface area contributed by atoms with Crippen molar-refractivity contribution >= 4 is 5.91 Å². The third kappa shape index (κ3) is 5.35. The Morgan fingerprint density at radius 2 is 1.44 bits per heavy atom. The van der Waals surface area contributed by atoms with E-state index in [-0.39, 0.29) is 11.9 Å². The van der Waals surface area contributed by atoms with Crippen LogP contribution in [-0.4, -0.2) is 12.0 Å². The van der Waals surface area contributed by atoms with Crippen molar-refractivity contribution in [1.29, 1.82) is 0 Å². The number of benzene rings is 2. The van der Waals surface area contributed by atoms with Gasteiger partial charge in [-0.1, -0.05) is 57.2 Å². The molecule has 1 amide bonds. The van der Waals surface area contributed by atoms with Gasteiger partial charge in [-0.05, 0) is 55.0 Å². The number of hydrogen-bond donors (Lipinski definition) is 1. The Balaban J connectivity index is 1.97. The number of nitrogens with one attached hydrogen (secondary N) is 1.